The van der Waals surface area contributed by atoms with Crippen molar-refractivity contribution in [2.24, 2.45) is 11.1 Å². The zero-order chi connectivity index (χ0) is 11.8. The quantitative estimate of drug-likeness (QED) is 0.707. The molecular formula is C10H22NO3-. The summed E-state index contributed by atoms with van der Waals surface area (Å²) in [5.74, 6) is -1.10. The SMILES string of the molecule is CC(N)C(C)(C)C(=O)[O-].CCOCC. The Morgan fingerprint density at radius 1 is 1.43 bits per heavy atom. The van der Waals surface area contributed by atoms with E-state index in [1.54, 1.807) is 20.8 Å². The van der Waals surface area contributed by atoms with Gasteiger partial charge in [0.1, 0.15) is 0 Å². The van der Waals surface area contributed by atoms with Gasteiger partial charge in [0.05, 0.1) is 0 Å². The molecule has 0 aliphatic heterocycles. The number of carboxylic acid groups (broad SMARTS) is 1. The summed E-state index contributed by atoms with van der Waals surface area (Å²) in [4.78, 5) is 10.3. The molecule has 0 fully saturated rings. The van der Waals surface area contributed by atoms with E-state index in [1.165, 1.54) is 0 Å². The Hall–Kier alpha value is -0.610. The maximum atomic E-state index is 10.3. The zero-order valence-corrected chi connectivity index (χ0v) is 9.79. The fourth-order valence-electron chi connectivity index (χ4n) is 0.390. The van der Waals surface area contributed by atoms with Gasteiger partial charge in [-0.1, -0.05) is 13.8 Å². The molecule has 1 atom stereocenters. The van der Waals surface area contributed by atoms with Gasteiger partial charge in [0, 0.05) is 30.6 Å². The predicted molar refractivity (Wildman–Crippen MR) is 54.6 cm³/mol. The van der Waals surface area contributed by atoms with Gasteiger partial charge in [-0.25, -0.2) is 0 Å². The van der Waals surface area contributed by atoms with E-state index in [0.717, 1.165) is 13.2 Å². The number of ether oxygens (including phenoxy) is 1. The highest BCUT2D eigenvalue weighted by Gasteiger charge is 2.23. The molecule has 0 aromatic heterocycles. The van der Waals surface area contributed by atoms with Crippen molar-refractivity contribution in [1.29, 1.82) is 0 Å². The van der Waals surface area contributed by atoms with Crippen LogP contribution in [0.5, 0.6) is 0 Å². The second-order valence-electron chi connectivity index (χ2n) is 3.58. The fraction of sp³-hybridized carbons (Fsp3) is 0.900. The van der Waals surface area contributed by atoms with Gasteiger partial charge in [-0.05, 0) is 20.8 Å². The Bertz CT molecular complexity index is 153. The highest BCUT2D eigenvalue weighted by molar-refractivity contribution is 5.72. The Morgan fingerprint density at radius 2 is 1.79 bits per heavy atom. The molecule has 0 aromatic rings. The molecule has 0 radical (unpaired) electrons. The topological polar surface area (TPSA) is 75.4 Å². The number of hydrogen-bond donors (Lipinski definition) is 1. The van der Waals surface area contributed by atoms with E-state index in [-0.39, 0.29) is 6.04 Å². The van der Waals surface area contributed by atoms with Gasteiger partial charge in [-0.3, -0.25) is 0 Å². The van der Waals surface area contributed by atoms with Crippen molar-refractivity contribution in [3.8, 4) is 0 Å². The molecule has 14 heavy (non-hydrogen) atoms. The summed E-state index contributed by atoms with van der Waals surface area (Å²) in [5, 5.41) is 10.3. The zero-order valence-electron chi connectivity index (χ0n) is 9.79. The number of nitrogens with two attached hydrogens (primary N) is 1. The number of carbonyl (C=O) groups is 1. The summed E-state index contributed by atoms with van der Waals surface area (Å²) in [5.41, 5.74) is 4.43. The number of hydrogen-bond acceptors (Lipinski definition) is 4. The third kappa shape index (κ3) is 6.86. The first-order valence-corrected chi connectivity index (χ1v) is 4.85. The van der Waals surface area contributed by atoms with E-state index < -0.39 is 11.4 Å². The lowest BCUT2D eigenvalue weighted by atomic mass is 9.86. The lowest BCUT2D eigenvalue weighted by Gasteiger charge is -2.29. The van der Waals surface area contributed by atoms with Gasteiger partial charge in [0.15, 0.2) is 0 Å². The molecule has 0 saturated heterocycles. The van der Waals surface area contributed by atoms with Crippen LogP contribution in [0.3, 0.4) is 0 Å². The molecule has 2 N–H and O–H groups in total. The average molecular weight is 204 g/mol. The van der Waals surface area contributed by atoms with E-state index in [9.17, 15) is 9.90 Å². The summed E-state index contributed by atoms with van der Waals surface area (Å²) < 4.78 is 4.83. The van der Waals surface area contributed by atoms with E-state index >= 15 is 0 Å². The monoisotopic (exact) mass is 204 g/mol. The lowest BCUT2D eigenvalue weighted by Crippen LogP contribution is -2.48. The van der Waals surface area contributed by atoms with Crippen LogP contribution >= 0.6 is 0 Å². The Morgan fingerprint density at radius 3 is 1.79 bits per heavy atom. The van der Waals surface area contributed by atoms with Gasteiger partial charge in [0.2, 0.25) is 0 Å². The number of rotatable bonds is 4. The standard InChI is InChI=1S/C6H13NO2.C4H10O/c1-4(7)6(2,3)5(8)9;1-3-5-4-2/h4H,7H2,1-3H3,(H,8,9);3-4H2,1-2H3/p-1. The minimum atomic E-state index is -1.10. The van der Waals surface area contributed by atoms with Crippen LogP contribution in [0.4, 0.5) is 0 Å². The highest BCUT2D eigenvalue weighted by Crippen LogP contribution is 2.16. The fourth-order valence-corrected chi connectivity index (χ4v) is 0.390. The van der Waals surface area contributed by atoms with Crippen molar-refractivity contribution in [3.63, 3.8) is 0 Å². The van der Waals surface area contributed by atoms with Crippen LogP contribution in [0.1, 0.15) is 34.6 Å². The van der Waals surface area contributed by atoms with Crippen LogP contribution in [0.25, 0.3) is 0 Å². The molecule has 0 rings (SSSR count). The first kappa shape index (κ1) is 15.8. The predicted octanol–water partition coefficient (Wildman–Crippen LogP) is 0.152. The largest absolute Gasteiger partial charge is 0.550 e. The van der Waals surface area contributed by atoms with Crippen LogP contribution in [0, 0.1) is 5.41 Å². The van der Waals surface area contributed by atoms with Crippen molar-refractivity contribution in [1.82, 2.24) is 0 Å². The second-order valence-corrected chi connectivity index (χ2v) is 3.58. The van der Waals surface area contributed by atoms with Crippen LogP contribution < -0.4 is 10.8 Å². The summed E-state index contributed by atoms with van der Waals surface area (Å²) in [6.07, 6.45) is 0. The third-order valence-electron chi connectivity index (χ3n) is 2.07. The van der Waals surface area contributed by atoms with E-state index in [4.69, 9.17) is 10.5 Å². The summed E-state index contributed by atoms with van der Waals surface area (Å²) in [7, 11) is 0. The van der Waals surface area contributed by atoms with Crippen molar-refractivity contribution < 1.29 is 14.6 Å². The first-order valence-electron chi connectivity index (χ1n) is 4.85. The van der Waals surface area contributed by atoms with E-state index in [2.05, 4.69) is 0 Å². The van der Waals surface area contributed by atoms with Gasteiger partial charge < -0.3 is 20.4 Å². The van der Waals surface area contributed by atoms with Gasteiger partial charge in [-0.15, -0.1) is 0 Å². The molecule has 0 amide bonds. The molecule has 4 heteroatoms. The maximum Gasteiger partial charge on any atom is 0.0486 e. The van der Waals surface area contributed by atoms with Crippen LogP contribution in [0.15, 0.2) is 0 Å². The Labute approximate surface area is 86.4 Å². The molecule has 0 aliphatic carbocycles. The van der Waals surface area contributed by atoms with Crippen LogP contribution in [-0.2, 0) is 9.53 Å². The molecule has 0 bridgehead atoms. The molecule has 0 saturated carbocycles. The average Bonchev–Trinajstić information content (AvgIpc) is 2.06. The van der Waals surface area contributed by atoms with Crippen molar-refractivity contribution in [2.75, 3.05) is 13.2 Å². The Kier molecular flexibility index (Phi) is 8.79. The highest BCUT2D eigenvalue weighted by atomic mass is 16.5. The van der Waals surface area contributed by atoms with Crippen LogP contribution in [-0.4, -0.2) is 25.2 Å². The molecule has 0 aromatic carbocycles. The summed E-state index contributed by atoms with van der Waals surface area (Å²) in [6.45, 7) is 10.4. The molecule has 86 valence electrons. The number of carboxylic acids is 1. The Balaban J connectivity index is 0. The van der Waals surface area contributed by atoms with Crippen LogP contribution in [0.2, 0.25) is 0 Å². The summed E-state index contributed by atoms with van der Waals surface area (Å²) >= 11 is 0. The number of aliphatic carboxylic acids is 1. The second kappa shape index (κ2) is 7.76. The van der Waals surface area contributed by atoms with Gasteiger partial charge >= 0.3 is 0 Å². The van der Waals surface area contributed by atoms with E-state index in [0.29, 0.717) is 0 Å². The minimum Gasteiger partial charge on any atom is -0.550 e. The van der Waals surface area contributed by atoms with Crippen molar-refractivity contribution in [2.45, 2.75) is 40.7 Å². The summed E-state index contributed by atoms with van der Waals surface area (Å²) in [6, 6.07) is -0.373. The molecule has 0 heterocycles. The van der Waals surface area contributed by atoms with Crippen molar-refractivity contribution in [3.05, 3.63) is 0 Å². The van der Waals surface area contributed by atoms with Crippen molar-refractivity contribution >= 4 is 5.97 Å². The molecule has 4 nitrogen and oxygen atoms in total. The molecule has 0 spiro atoms. The van der Waals surface area contributed by atoms with Gasteiger partial charge in [-0.2, -0.15) is 0 Å². The molecule has 1 unspecified atom stereocenters. The minimum absolute atomic E-state index is 0.373. The van der Waals surface area contributed by atoms with E-state index in [1.807, 2.05) is 13.8 Å². The molecular weight excluding hydrogens is 182 g/mol. The normalized spacial score (nSPS) is 12.7. The first-order chi connectivity index (χ1) is 6.30. The lowest BCUT2D eigenvalue weighted by molar-refractivity contribution is -0.318. The maximum absolute atomic E-state index is 10.3. The number of carbonyl (C=O) groups excluding carboxylic acids is 1. The molecule has 0 aliphatic rings. The smallest absolute Gasteiger partial charge is 0.0486 e. The van der Waals surface area contributed by atoms with Gasteiger partial charge in [0.25, 0.3) is 0 Å². The third-order valence-corrected chi connectivity index (χ3v) is 2.07.